The van der Waals surface area contributed by atoms with Crippen molar-refractivity contribution in [1.82, 2.24) is 41.9 Å². The third-order valence-electron chi connectivity index (χ3n) is 10.9. The van der Waals surface area contributed by atoms with Crippen molar-refractivity contribution in [1.29, 1.82) is 0 Å². The lowest BCUT2D eigenvalue weighted by atomic mass is 10.0. The maximum Gasteiger partial charge on any atom is 0.329 e. The average molecular weight is 1080 g/mol. The molecule has 4 heterocycles. The zero-order valence-corrected chi connectivity index (χ0v) is 44.9. The molecule has 0 aromatic carbocycles. The maximum absolute atomic E-state index is 14.2. The van der Waals surface area contributed by atoms with E-state index in [2.05, 4.69) is 61.4 Å². The van der Waals surface area contributed by atoms with E-state index in [1.807, 2.05) is 0 Å². The van der Waals surface area contributed by atoms with Crippen molar-refractivity contribution >= 4 is 76.9 Å². The third-order valence-corrected chi connectivity index (χ3v) is 12.1. The summed E-state index contributed by atoms with van der Waals surface area (Å²) in [6.45, 7) is 11.7. The van der Waals surface area contributed by atoms with Crippen LogP contribution in [0.15, 0.2) is 72.1 Å². The van der Waals surface area contributed by atoms with E-state index in [4.69, 9.17) is 9.47 Å². The number of allylic oxidation sites excluding steroid dienone is 4. The number of amides is 6. The molecule has 0 saturated carbocycles. The second kappa shape index (κ2) is 32.5. The lowest BCUT2D eigenvalue weighted by Gasteiger charge is -2.24. The first-order valence-corrected chi connectivity index (χ1v) is 26.2. The summed E-state index contributed by atoms with van der Waals surface area (Å²) >= 11 is 5.37. The lowest BCUT2D eigenvalue weighted by molar-refractivity contribution is -0.153. The minimum Gasteiger partial charge on any atom is -0.456 e. The van der Waals surface area contributed by atoms with Gasteiger partial charge in [-0.25, -0.2) is 28.3 Å². The van der Waals surface area contributed by atoms with Crippen LogP contribution in [0.25, 0.3) is 0 Å². The topological polar surface area (TPSA) is 270 Å². The molecule has 2 aliphatic rings. The number of carbonyl (C=O) groups excluding carboxylic acids is 9. The monoisotopic (exact) mass is 1080 g/mol. The van der Waals surface area contributed by atoms with Gasteiger partial charge in [0.05, 0.1) is 37.3 Å². The highest BCUT2D eigenvalue weighted by Gasteiger charge is 2.32. The van der Waals surface area contributed by atoms with Crippen LogP contribution in [0.1, 0.15) is 132 Å². The minimum atomic E-state index is -1.09. The van der Waals surface area contributed by atoms with Crippen molar-refractivity contribution in [3.63, 3.8) is 0 Å². The van der Waals surface area contributed by atoms with Crippen LogP contribution < -0.4 is 31.9 Å². The number of pyridine rings is 2. The average Bonchev–Trinajstić information content (AvgIpc) is 3.35. The van der Waals surface area contributed by atoms with Gasteiger partial charge in [0.1, 0.15) is 58.7 Å². The van der Waals surface area contributed by atoms with E-state index in [0.717, 1.165) is 43.5 Å². The second-order valence-corrected chi connectivity index (χ2v) is 19.4. The van der Waals surface area contributed by atoms with Crippen molar-refractivity contribution in [2.45, 2.75) is 137 Å². The molecule has 0 radical (unpaired) electrons. The first-order valence-electron chi connectivity index (χ1n) is 24.6. The SMILES string of the molecule is C/C=C1\NC(=O)c2cc(F)cc(n2)CNC(=O)C[C@@H](/C=C/CCS)OC(=O)[C@H](C(C)C)NC1=O.C/C=C1\NC(=O)c2cc(F)cc(n2)CNC(=O)C[C@@H](/C=C/CCSC(=O)CCCCC)OC(=O)[C@H](C(C)C)NC1=O. The molecule has 0 spiro atoms. The Morgan fingerprint density at radius 2 is 1.13 bits per heavy atom. The van der Waals surface area contributed by atoms with Gasteiger partial charge in [0.2, 0.25) is 11.8 Å². The quantitative estimate of drug-likeness (QED) is 0.0429. The number of rotatable bonds is 13. The summed E-state index contributed by atoms with van der Waals surface area (Å²) in [4.78, 5) is 122. The van der Waals surface area contributed by atoms with E-state index in [-0.39, 0.29) is 77.1 Å². The summed E-state index contributed by atoms with van der Waals surface area (Å²) in [5.41, 5.74) is -0.643. The number of halogens is 2. The van der Waals surface area contributed by atoms with E-state index < -0.39 is 83.3 Å². The van der Waals surface area contributed by atoms with Crippen molar-refractivity contribution in [2.75, 3.05) is 11.5 Å². The van der Waals surface area contributed by atoms with Crippen LogP contribution in [0.3, 0.4) is 0 Å². The number of unbranched alkanes of at least 4 members (excludes halogenated alkanes) is 2. The number of aromatic nitrogens is 2. The van der Waals surface area contributed by atoms with Crippen LogP contribution in [-0.4, -0.2) is 98.3 Å². The van der Waals surface area contributed by atoms with E-state index in [0.29, 0.717) is 30.8 Å². The molecule has 75 heavy (non-hydrogen) atoms. The number of nitrogens with zero attached hydrogens (tertiary/aromatic N) is 2. The van der Waals surface area contributed by atoms with Gasteiger partial charge < -0.3 is 41.4 Å². The molecule has 0 unspecified atom stereocenters. The van der Waals surface area contributed by atoms with Gasteiger partial charge in [-0.3, -0.25) is 33.6 Å². The standard InChI is InChI=1S/C29H39FN4O6S.C23H29FN4O5S/c1-5-7-8-12-25(36)41-13-10-9-11-21-16-24(35)31-17-20-14-19(30)15-23(32-20)28(38)33-22(6-2)27(37)34-26(18(3)4)29(39)40-21;1-4-17-21(30)28-20(13(2)3)23(32)33-16(7-5-6-8-34)11-19(29)25-12-15-9-14(24)10-18(26-15)22(31)27-17/h6,9,11,14-15,18,21,26H,5,7-8,10,12-13,16-17H2,1-4H3,(H,31,35)(H,33,38)(H,34,37);4-5,7,9-10,13,16,20,34H,6,8,11-12H2,1-3H3,(H,25,29)(H,27,31)(H,28,30)/b11-9+,22-6-;7-5+,17-4-/t21-,26+;16-,20+/m11/s1. The smallest absolute Gasteiger partial charge is 0.329 e. The molecule has 2 aliphatic heterocycles. The molecule has 2 aromatic rings. The molecule has 4 atom stereocenters. The summed E-state index contributed by atoms with van der Waals surface area (Å²) in [6.07, 6.45) is 11.6. The Bertz CT molecular complexity index is 2500. The van der Waals surface area contributed by atoms with Gasteiger partial charge in [-0.1, -0.05) is 83.5 Å². The molecule has 4 rings (SSSR count). The second-order valence-electron chi connectivity index (χ2n) is 17.8. The van der Waals surface area contributed by atoms with Crippen molar-refractivity contribution in [2.24, 2.45) is 11.8 Å². The lowest BCUT2D eigenvalue weighted by Crippen LogP contribution is -2.48. The van der Waals surface area contributed by atoms with E-state index in [1.165, 1.54) is 37.8 Å². The molecule has 408 valence electrons. The normalized spacial score (nSPS) is 20.9. The Labute approximate surface area is 445 Å². The summed E-state index contributed by atoms with van der Waals surface area (Å²) in [5, 5.41) is 15.2. The Kier molecular flexibility index (Phi) is 27.1. The number of nitrogens with one attached hydrogen (secondary N) is 6. The Morgan fingerprint density at radius 3 is 1.53 bits per heavy atom. The Hall–Kier alpha value is -6.75. The number of thiol groups is 1. The highest BCUT2D eigenvalue weighted by molar-refractivity contribution is 8.13. The fraction of sp³-hybridized carbons (Fsp3) is 0.481. The Morgan fingerprint density at radius 1 is 0.693 bits per heavy atom. The molecule has 4 bridgehead atoms. The molecule has 0 fully saturated rings. The number of esters is 2. The number of cyclic esters (lactones) is 2. The number of fused-ring (bicyclic) bond motifs is 4. The number of carbonyl (C=O) groups is 9. The molecule has 2 aromatic heterocycles. The van der Waals surface area contributed by atoms with Crippen molar-refractivity contribution in [3.8, 4) is 0 Å². The first kappa shape index (κ1) is 62.5. The van der Waals surface area contributed by atoms with Crippen LogP contribution in [0, 0.1) is 23.5 Å². The maximum atomic E-state index is 14.2. The highest BCUT2D eigenvalue weighted by Crippen LogP contribution is 2.16. The molecular formula is C52H68F2N8O11S2. The van der Waals surface area contributed by atoms with Gasteiger partial charge in [-0.2, -0.15) is 12.6 Å². The van der Waals surface area contributed by atoms with Crippen LogP contribution in [0.5, 0.6) is 0 Å². The van der Waals surface area contributed by atoms with E-state index >= 15 is 0 Å². The van der Waals surface area contributed by atoms with Crippen LogP contribution >= 0.6 is 24.4 Å². The first-order chi connectivity index (χ1) is 35.7. The third kappa shape index (κ3) is 22.3. The fourth-order valence-electron chi connectivity index (χ4n) is 6.88. The predicted molar refractivity (Wildman–Crippen MR) is 280 cm³/mol. The molecule has 0 aliphatic carbocycles. The van der Waals surface area contributed by atoms with Crippen molar-refractivity contribution in [3.05, 3.63) is 107 Å². The van der Waals surface area contributed by atoms with E-state index in [9.17, 15) is 51.9 Å². The highest BCUT2D eigenvalue weighted by atomic mass is 32.2. The van der Waals surface area contributed by atoms with Gasteiger partial charge in [0.15, 0.2) is 5.12 Å². The van der Waals surface area contributed by atoms with Gasteiger partial charge in [0, 0.05) is 24.3 Å². The van der Waals surface area contributed by atoms with Crippen LogP contribution in [0.2, 0.25) is 0 Å². The number of ether oxygens (including phenoxy) is 2. The summed E-state index contributed by atoms with van der Waals surface area (Å²) in [6, 6.07) is 1.87. The fourth-order valence-corrected chi connectivity index (χ4v) is 7.79. The molecule has 6 amide bonds. The zero-order chi connectivity index (χ0) is 55.6. The van der Waals surface area contributed by atoms with Crippen molar-refractivity contribution < 1.29 is 61.4 Å². The molecule has 19 nitrogen and oxygen atoms in total. The number of hydrogen-bond donors (Lipinski definition) is 7. The Balaban J connectivity index is 0.000000402. The number of hydrogen-bond acceptors (Lipinski definition) is 15. The molecule has 0 saturated heterocycles. The molecule has 6 N–H and O–H groups in total. The van der Waals surface area contributed by atoms with Crippen LogP contribution in [0.4, 0.5) is 8.78 Å². The summed E-state index contributed by atoms with van der Waals surface area (Å²) in [5.74, 6) is -6.66. The number of thioether (sulfide) groups is 1. The van der Waals surface area contributed by atoms with Gasteiger partial charge in [-0.15, -0.1) is 0 Å². The minimum absolute atomic E-state index is 0.0895. The zero-order valence-electron chi connectivity index (χ0n) is 43.2. The van der Waals surface area contributed by atoms with E-state index in [1.54, 1.807) is 52.0 Å². The summed E-state index contributed by atoms with van der Waals surface area (Å²) < 4.78 is 39.5. The van der Waals surface area contributed by atoms with Gasteiger partial charge in [0.25, 0.3) is 23.6 Å². The molecule has 23 heteroatoms. The van der Waals surface area contributed by atoms with Gasteiger partial charge >= 0.3 is 11.9 Å². The summed E-state index contributed by atoms with van der Waals surface area (Å²) in [7, 11) is 0. The van der Waals surface area contributed by atoms with Gasteiger partial charge in [-0.05, 0) is 75.0 Å². The molecular weight excluding hydrogens is 1010 g/mol. The predicted octanol–water partition coefficient (Wildman–Crippen LogP) is 5.52. The largest absolute Gasteiger partial charge is 0.456 e. The van der Waals surface area contributed by atoms with Crippen LogP contribution in [-0.2, 0) is 56.1 Å².